The molecule has 0 aromatic rings. The largest absolute Gasteiger partial charge is 0.375 e. The monoisotopic (exact) mass is 254 g/mol. The Morgan fingerprint density at radius 3 is 2.72 bits per heavy atom. The van der Waals surface area contributed by atoms with Gasteiger partial charge in [-0.15, -0.1) is 0 Å². The third-order valence-electron chi connectivity index (χ3n) is 5.09. The van der Waals surface area contributed by atoms with Crippen LogP contribution in [0.4, 0.5) is 0 Å². The minimum atomic E-state index is 0.220. The highest BCUT2D eigenvalue weighted by atomic mass is 16.5. The summed E-state index contributed by atoms with van der Waals surface area (Å²) in [4.78, 5) is 2.55. The van der Waals surface area contributed by atoms with Gasteiger partial charge in [-0.25, -0.2) is 0 Å². The van der Waals surface area contributed by atoms with Crippen LogP contribution in [0.3, 0.4) is 0 Å². The summed E-state index contributed by atoms with van der Waals surface area (Å²) in [5.41, 5.74) is 5.90. The van der Waals surface area contributed by atoms with Crippen LogP contribution < -0.4 is 5.73 Å². The molecule has 1 saturated carbocycles. The summed E-state index contributed by atoms with van der Waals surface area (Å²) >= 11 is 0. The number of hydrogen-bond acceptors (Lipinski definition) is 3. The Hall–Kier alpha value is -0.120. The van der Waals surface area contributed by atoms with Gasteiger partial charge in [0.2, 0.25) is 0 Å². The molecule has 0 radical (unpaired) electrons. The van der Waals surface area contributed by atoms with Gasteiger partial charge in [0.1, 0.15) is 0 Å². The molecule has 0 aromatic heterocycles. The topological polar surface area (TPSA) is 38.5 Å². The molecule has 2 atom stereocenters. The van der Waals surface area contributed by atoms with Crippen molar-refractivity contribution in [2.45, 2.75) is 76.0 Å². The first-order chi connectivity index (χ1) is 8.67. The smallest absolute Gasteiger partial charge is 0.0697 e. The Labute approximate surface area is 112 Å². The molecule has 2 N–H and O–H groups in total. The maximum atomic E-state index is 6.18. The lowest BCUT2D eigenvalue weighted by Crippen LogP contribution is -2.50. The van der Waals surface area contributed by atoms with Crippen molar-refractivity contribution in [2.75, 3.05) is 20.2 Å². The molecule has 1 saturated heterocycles. The molecular weight excluding hydrogens is 224 g/mol. The Morgan fingerprint density at radius 1 is 1.33 bits per heavy atom. The van der Waals surface area contributed by atoms with Gasteiger partial charge in [0.05, 0.1) is 5.60 Å². The van der Waals surface area contributed by atoms with Crippen molar-refractivity contribution in [3.05, 3.63) is 0 Å². The lowest BCUT2D eigenvalue weighted by atomic mass is 9.78. The quantitative estimate of drug-likeness (QED) is 0.838. The van der Waals surface area contributed by atoms with Crippen molar-refractivity contribution in [1.29, 1.82) is 0 Å². The second kappa shape index (κ2) is 6.36. The molecule has 0 amide bonds. The molecule has 2 fully saturated rings. The summed E-state index contributed by atoms with van der Waals surface area (Å²) in [5.74, 6) is 0. The van der Waals surface area contributed by atoms with Gasteiger partial charge in [0.25, 0.3) is 0 Å². The standard InChI is InChI=1S/C15H30N2O/c1-13(6-10-16)17(2)14-7-11-18-15(12-14)8-4-3-5-9-15/h13-14H,3-12,16H2,1-2H3. The van der Waals surface area contributed by atoms with E-state index in [0.717, 1.165) is 19.6 Å². The van der Waals surface area contributed by atoms with E-state index in [-0.39, 0.29) is 5.60 Å². The van der Waals surface area contributed by atoms with Gasteiger partial charge >= 0.3 is 0 Å². The van der Waals surface area contributed by atoms with Crippen LogP contribution in [0.1, 0.15) is 58.3 Å². The summed E-state index contributed by atoms with van der Waals surface area (Å²) in [6.45, 7) is 4.04. The van der Waals surface area contributed by atoms with E-state index in [1.54, 1.807) is 0 Å². The van der Waals surface area contributed by atoms with Crippen LogP contribution >= 0.6 is 0 Å². The zero-order valence-electron chi connectivity index (χ0n) is 12.2. The van der Waals surface area contributed by atoms with Crippen LogP contribution in [0, 0.1) is 0 Å². The summed E-state index contributed by atoms with van der Waals surface area (Å²) < 4.78 is 6.18. The average Bonchev–Trinajstić information content (AvgIpc) is 2.39. The SMILES string of the molecule is CC(CCN)N(C)C1CCOC2(CCCCC2)C1. The Balaban J connectivity index is 1.93. The van der Waals surface area contributed by atoms with E-state index in [0.29, 0.717) is 12.1 Å². The maximum Gasteiger partial charge on any atom is 0.0697 e. The van der Waals surface area contributed by atoms with Crippen LogP contribution in [0.15, 0.2) is 0 Å². The van der Waals surface area contributed by atoms with Crippen molar-refractivity contribution < 1.29 is 4.74 Å². The lowest BCUT2D eigenvalue weighted by molar-refractivity contribution is -0.125. The van der Waals surface area contributed by atoms with E-state index >= 15 is 0 Å². The summed E-state index contributed by atoms with van der Waals surface area (Å²) in [5, 5.41) is 0. The second-order valence-electron chi connectivity index (χ2n) is 6.33. The van der Waals surface area contributed by atoms with Crippen molar-refractivity contribution in [3.8, 4) is 0 Å². The molecule has 1 aliphatic carbocycles. The first-order valence-corrected chi connectivity index (χ1v) is 7.73. The fraction of sp³-hybridized carbons (Fsp3) is 1.00. The maximum absolute atomic E-state index is 6.18. The number of hydrogen-bond donors (Lipinski definition) is 1. The van der Waals surface area contributed by atoms with Crippen LogP contribution in [0.2, 0.25) is 0 Å². The molecular formula is C15H30N2O. The van der Waals surface area contributed by atoms with Crippen LogP contribution in [0.25, 0.3) is 0 Å². The molecule has 2 rings (SSSR count). The normalized spacial score (nSPS) is 29.7. The third kappa shape index (κ3) is 3.25. The van der Waals surface area contributed by atoms with Gasteiger partial charge < -0.3 is 15.4 Å². The molecule has 1 aliphatic heterocycles. The van der Waals surface area contributed by atoms with Gasteiger partial charge in [-0.1, -0.05) is 19.3 Å². The van der Waals surface area contributed by atoms with Crippen LogP contribution in [0.5, 0.6) is 0 Å². The first-order valence-electron chi connectivity index (χ1n) is 7.73. The third-order valence-corrected chi connectivity index (χ3v) is 5.09. The van der Waals surface area contributed by atoms with Crippen molar-refractivity contribution >= 4 is 0 Å². The van der Waals surface area contributed by atoms with Crippen molar-refractivity contribution in [1.82, 2.24) is 4.90 Å². The van der Waals surface area contributed by atoms with E-state index in [1.807, 2.05) is 0 Å². The van der Waals surface area contributed by atoms with E-state index in [9.17, 15) is 0 Å². The lowest BCUT2D eigenvalue weighted by Gasteiger charge is -2.47. The molecule has 3 heteroatoms. The van der Waals surface area contributed by atoms with E-state index in [4.69, 9.17) is 10.5 Å². The van der Waals surface area contributed by atoms with Crippen LogP contribution in [-0.2, 0) is 4.74 Å². The summed E-state index contributed by atoms with van der Waals surface area (Å²) in [6.07, 6.45) is 10.2. The van der Waals surface area contributed by atoms with Gasteiger partial charge in [-0.3, -0.25) is 0 Å². The second-order valence-corrected chi connectivity index (χ2v) is 6.33. The molecule has 2 aliphatic rings. The van der Waals surface area contributed by atoms with Gasteiger partial charge in [-0.05, 0) is 52.6 Å². The summed E-state index contributed by atoms with van der Waals surface area (Å²) in [7, 11) is 2.27. The number of rotatable bonds is 4. The molecule has 0 bridgehead atoms. The molecule has 106 valence electrons. The molecule has 18 heavy (non-hydrogen) atoms. The predicted octanol–water partition coefficient (Wildman–Crippen LogP) is 2.54. The van der Waals surface area contributed by atoms with Gasteiger partial charge in [-0.2, -0.15) is 0 Å². The Kier molecular flexibility index (Phi) is 5.05. The molecule has 1 heterocycles. The van der Waals surface area contributed by atoms with Crippen molar-refractivity contribution in [3.63, 3.8) is 0 Å². The highest BCUT2D eigenvalue weighted by Crippen LogP contribution is 2.39. The van der Waals surface area contributed by atoms with E-state index in [1.165, 1.54) is 44.9 Å². The zero-order chi connectivity index (χ0) is 13.0. The average molecular weight is 254 g/mol. The first kappa shape index (κ1) is 14.3. The predicted molar refractivity (Wildman–Crippen MR) is 75.7 cm³/mol. The number of nitrogens with zero attached hydrogens (tertiary/aromatic N) is 1. The van der Waals surface area contributed by atoms with Gasteiger partial charge in [0.15, 0.2) is 0 Å². The minimum absolute atomic E-state index is 0.220. The van der Waals surface area contributed by atoms with Crippen molar-refractivity contribution in [2.24, 2.45) is 5.73 Å². The molecule has 1 spiro atoms. The zero-order valence-corrected chi connectivity index (χ0v) is 12.2. The number of ether oxygens (including phenoxy) is 1. The fourth-order valence-electron chi connectivity index (χ4n) is 3.70. The summed E-state index contributed by atoms with van der Waals surface area (Å²) in [6, 6.07) is 1.29. The Bertz CT molecular complexity index is 245. The molecule has 2 unspecified atom stereocenters. The highest BCUT2D eigenvalue weighted by molar-refractivity contribution is 4.93. The minimum Gasteiger partial charge on any atom is -0.375 e. The number of nitrogens with two attached hydrogens (primary N) is 1. The Morgan fingerprint density at radius 2 is 2.06 bits per heavy atom. The molecule has 3 nitrogen and oxygen atoms in total. The highest BCUT2D eigenvalue weighted by Gasteiger charge is 2.40. The fourth-order valence-corrected chi connectivity index (χ4v) is 3.70. The van der Waals surface area contributed by atoms with Crippen LogP contribution in [-0.4, -0.2) is 42.8 Å². The van der Waals surface area contributed by atoms with E-state index in [2.05, 4.69) is 18.9 Å². The molecule has 0 aromatic carbocycles. The van der Waals surface area contributed by atoms with Gasteiger partial charge in [0, 0.05) is 18.7 Å². The van der Waals surface area contributed by atoms with E-state index < -0.39 is 0 Å².